The Hall–Kier alpha value is -2.86. The van der Waals surface area contributed by atoms with Gasteiger partial charge < -0.3 is 20.3 Å². The van der Waals surface area contributed by atoms with Gasteiger partial charge in [0, 0.05) is 17.5 Å². The molecule has 0 radical (unpaired) electrons. The van der Waals surface area contributed by atoms with Crippen LogP contribution in [-0.4, -0.2) is 35.6 Å². The van der Waals surface area contributed by atoms with Crippen LogP contribution in [0.15, 0.2) is 66.7 Å². The molecule has 0 bridgehead atoms. The van der Waals surface area contributed by atoms with Crippen molar-refractivity contribution in [2.75, 3.05) is 13.2 Å². The van der Waals surface area contributed by atoms with Crippen LogP contribution in [0.4, 0.5) is 4.79 Å². The molecule has 3 N–H and O–H groups in total. The minimum atomic E-state index is -1.09. The van der Waals surface area contributed by atoms with Gasteiger partial charge in [0.05, 0.1) is 6.10 Å². The van der Waals surface area contributed by atoms with Crippen molar-refractivity contribution in [3.8, 4) is 11.1 Å². The Bertz CT molecular complexity index is 1070. The molecular formula is C26H26ClNO4. The average molecular weight is 452 g/mol. The second-order valence-electron chi connectivity index (χ2n) is 8.06. The second kappa shape index (κ2) is 9.74. The molecule has 5 nitrogen and oxygen atoms in total. The predicted octanol–water partition coefficient (Wildman–Crippen LogP) is 4.97. The molecule has 2 atom stereocenters. The van der Waals surface area contributed by atoms with Crippen LogP contribution in [0.3, 0.4) is 0 Å². The minimum absolute atomic E-state index is 0.00755. The first-order chi connectivity index (χ1) is 15.5. The standard InChI is InChI=1S/C26H26ClNO4/c1-16-10-11-17(14-23(16)27)25(30)24(29)12-13-28-26(31)32-15-22-20-8-4-2-6-18(20)19-7-3-5-9-21(19)22/h2-11,14,22,24-25,29-30H,12-13,15H2,1H3,(H,28,31). The Morgan fingerprint density at radius 3 is 2.28 bits per heavy atom. The van der Waals surface area contributed by atoms with Crippen molar-refractivity contribution in [3.05, 3.63) is 94.0 Å². The van der Waals surface area contributed by atoms with E-state index in [-0.39, 0.29) is 25.5 Å². The molecule has 2 unspecified atom stereocenters. The number of hydrogen-bond donors (Lipinski definition) is 3. The number of ether oxygens (including phenoxy) is 1. The Balaban J connectivity index is 1.28. The number of alkyl carbamates (subject to hydrolysis) is 1. The Kier molecular flexibility index (Phi) is 6.80. The van der Waals surface area contributed by atoms with Crippen LogP contribution in [0.2, 0.25) is 5.02 Å². The molecule has 3 aromatic carbocycles. The summed E-state index contributed by atoms with van der Waals surface area (Å²) in [5.41, 5.74) is 6.08. The largest absolute Gasteiger partial charge is 0.449 e. The number of aliphatic hydroxyl groups is 2. The van der Waals surface area contributed by atoms with E-state index in [4.69, 9.17) is 16.3 Å². The van der Waals surface area contributed by atoms with Gasteiger partial charge in [0.1, 0.15) is 12.7 Å². The Labute approximate surface area is 192 Å². The van der Waals surface area contributed by atoms with E-state index < -0.39 is 18.3 Å². The lowest BCUT2D eigenvalue weighted by molar-refractivity contribution is 0.0136. The van der Waals surface area contributed by atoms with Crippen LogP contribution >= 0.6 is 11.6 Å². The number of benzene rings is 3. The number of hydrogen-bond acceptors (Lipinski definition) is 4. The summed E-state index contributed by atoms with van der Waals surface area (Å²) < 4.78 is 5.48. The van der Waals surface area contributed by atoms with Crippen LogP contribution in [0.1, 0.15) is 40.7 Å². The fraction of sp³-hybridized carbons (Fsp3) is 0.269. The fourth-order valence-corrected chi connectivity index (χ4v) is 4.33. The molecule has 0 saturated heterocycles. The van der Waals surface area contributed by atoms with E-state index in [0.29, 0.717) is 10.6 Å². The van der Waals surface area contributed by atoms with Crippen molar-refractivity contribution < 1.29 is 19.7 Å². The topological polar surface area (TPSA) is 78.8 Å². The lowest BCUT2D eigenvalue weighted by Gasteiger charge is -2.19. The summed E-state index contributed by atoms with van der Waals surface area (Å²) in [6.07, 6.45) is -2.50. The van der Waals surface area contributed by atoms with Gasteiger partial charge in [-0.05, 0) is 52.8 Å². The zero-order valence-electron chi connectivity index (χ0n) is 17.8. The lowest BCUT2D eigenvalue weighted by Crippen LogP contribution is -2.30. The number of aliphatic hydroxyl groups excluding tert-OH is 2. The van der Waals surface area contributed by atoms with Gasteiger partial charge in [-0.1, -0.05) is 72.3 Å². The van der Waals surface area contributed by atoms with Crippen molar-refractivity contribution in [3.63, 3.8) is 0 Å². The maximum absolute atomic E-state index is 12.2. The van der Waals surface area contributed by atoms with E-state index >= 15 is 0 Å². The van der Waals surface area contributed by atoms with Gasteiger partial charge in [0.25, 0.3) is 0 Å². The number of halogens is 1. The van der Waals surface area contributed by atoms with E-state index in [1.807, 2.05) is 31.2 Å². The molecular weight excluding hydrogens is 426 g/mol. The quantitative estimate of drug-likeness (QED) is 0.473. The highest BCUT2D eigenvalue weighted by Crippen LogP contribution is 2.44. The summed E-state index contributed by atoms with van der Waals surface area (Å²) in [6, 6.07) is 21.5. The molecule has 0 saturated carbocycles. The number of fused-ring (bicyclic) bond motifs is 3. The van der Waals surface area contributed by atoms with Crippen molar-refractivity contribution in [1.29, 1.82) is 0 Å². The molecule has 1 aliphatic carbocycles. The Morgan fingerprint density at radius 2 is 1.66 bits per heavy atom. The second-order valence-corrected chi connectivity index (χ2v) is 8.47. The van der Waals surface area contributed by atoms with Gasteiger partial charge >= 0.3 is 6.09 Å². The molecule has 166 valence electrons. The number of amides is 1. The maximum Gasteiger partial charge on any atom is 0.407 e. The van der Waals surface area contributed by atoms with E-state index in [0.717, 1.165) is 16.7 Å². The van der Waals surface area contributed by atoms with Gasteiger partial charge in [0.15, 0.2) is 0 Å². The summed E-state index contributed by atoms with van der Waals surface area (Å²) in [7, 11) is 0. The molecule has 6 heteroatoms. The SMILES string of the molecule is Cc1ccc(C(O)C(O)CCNC(=O)OCC2c3ccccc3-c3ccccc32)cc1Cl. The highest BCUT2D eigenvalue weighted by molar-refractivity contribution is 6.31. The van der Waals surface area contributed by atoms with Crippen molar-refractivity contribution in [1.82, 2.24) is 5.32 Å². The molecule has 0 aromatic heterocycles. The Morgan fingerprint density at radius 1 is 1.03 bits per heavy atom. The summed E-state index contributed by atoms with van der Waals surface area (Å²) in [6.45, 7) is 2.27. The number of aryl methyl sites for hydroxylation is 1. The molecule has 4 rings (SSSR count). The highest BCUT2D eigenvalue weighted by atomic mass is 35.5. The minimum Gasteiger partial charge on any atom is -0.449 e. The van der Waals surface area contributed by atoms with Gasteiger partial charge in [-0.15, -0.1) is 0 Å². The van der Waals surface area contributed by atoms with Crippen molar-refractivity contribution in [2.45, 2.75) is 31.5 Å². The molecule has 0 spiro atoms. The molecule has 0 aliphatic heterocycles. The first kappa shape index (κ1) is 22.3. The third-order valence-electron chi connectivity index (χ3n) is 5.95. The predicted molar refractivity (Wildman–Crippen MR) is 125 cm³/mol. The van der Waals surface area contributed by atoms with E-state index in [9.17, 15) is 15.0 Å². The molecule has 0 heterocycles. The third-order valence-corrected chi connectivity index (χ3v) is 6.36. The number of rotatable bonds is 7. The zero-order chi connectivity index (χ0) is 22.7. The monoisotopic (exact) mass is 451 g/mol. The number of nitrogens with one attached hydrogen (secondary N) is 1. The summed E-state index contributed by atoms with van der Waals surface area (Å²) in [4.78, 5) is 12.2. The first-order valence-corrected chi connectivity index (χ1v) is 11.0. The van der Waals surface area contributed by atoms with E-state index in [1.54, 1.807) is 18.2 Å². The van der Waals surface area contributed by atoms with Gasteiger partial charge in [0.2, 0.25) is 0 Å². The molecule has 1 aliphatic rings. The van der Waals surface area contributed by atoms with Crippen molar-refractivity contribution >= 4 is 17.7 Å². The van der Waals surface area contributed by atoms with E-state index in [1.165, 1.54) is 11.1 Å². The molecule has 3 aromatic rings. The average Bonchev–Trinajstić information content (AvgIpc) is 3.12. The zero-order valence-corrected chi connectivity index (χ0v) is 18.5. The summed E-state index contributed by atoms with van der Waals surface area (Å²) in [5.74, 6) is -0.00755. The highest BCUT2D eigenvalue weighted by Gasteiger charge is 2.29. The van der Waals surface area contributed by atoms with Crippen molar-refractivity contribution in [2.24, 2.45) is 0 Å². The van der Waals surface area contributed by atoms with Gasteiger partial charge in [-0.25, -0.2) is 4.79 Å². The van der Waals surface area contributed by atoms with Gasteiger partial charge in [-0.3, -0.25) is 0 Å². The molecule has 1 amide bonds. The fourth-order valence-electron chi connectivity index (χ4n) is 4.14. The summed E-state index contributed by atoms with van der Waals surface area (Å²) >= 11 is 6.09. The molecule has 32 heavy (non-hydrogen) atoms. The first-order valence-electron chi connectivity index (χ1n) is 10.7. The lowest BCUT2D eigenvalue weighted by atomic mass is 9.98. The van der Waals surface area contributed by atoms with Crippen LogP contribution in [0, 0.1) is 6.92 Å². The number of carbonyl (C=O) groups is 1. The van der Waals surface area contributed by atoms with Crippen LogP contribution in [0.5, 0.6) is 0 Å². The van der Waals surface area contributed by atoms with Crippen LogP contribution in [-0.2, 0) is 4.74 Å². The summed E-state index contributed by atoms with van der Waals surface area (Å²) in [5, 5.41) is 23.8. The normalized spacial score (nSPS) is 14.4. The third kappa shape index (κ3) is 4.65. The maximum atomic E-state index is 12.2. The molecule has 0 fully saturated rings. The van der Waals surface area contributed by atoms with Crippen LogP contribution in [0.25, 0.3) is 11.1 Å². The van der Waals surface area contributed by atoms with Crippen LogP contribution < -0.4 is 5.32 Å². The van der Waals surface area contributed by atoms with E-state index in [2.05, 4.69) is 29.6 Å². The number of carbonyl (C=O) groups excluding carboxylic acids is 1. The smallest absolute Gasteiger partial charge is 0.407 e. The van der Waals surface area contributed by atoms with Gasteiger partial charge in [-0.2, -0.15) is 0 Å².